The molecule has 1 aromatic heterocycles. The number of benzene rings is 2. The van der Waals surface area contributed by atoms with Gasteiger partial charge in [-0.3, -0.25) is 19.7 Å². The number of hydrogen-bond donors (Lipinski definition) is 2. The van der Waals surface area contributed by atoms with Crippen LogP contribution in [0.5, 0.6) is 17.2 Å². The first-order valence-electron chi connectivity index (χ1n) is 10.6. The van der Waals surface area contributed by atoms with Gasteiger partial charge in [0.1, 0.15) is 17.2 Å². The molecule has 0 atom stereocenters. The first-order valence-corrected chi connectivity index (χ1v) is 11.6. The standard InChI is InChI=1S/C23H24N4O6S/c1-3-5-15-12-21(28)26-23(25-15)34-14-22(29)24-16-10-17(27(30)31)13-20(11-16)33-19-8-6-18(7-9-19)32-4-2/h6-13H,3-5,14H2,1-2H3,(H,24,29)(H,25,26,28). The summed E-state index contributed by atoms with van der Waals surface area (Å²) in [6.07, 6.45) is 1.50. The lowest BCUT2D eigenvalue weighted by Gasteiger charge is -2.10. The summed E-state index contributed by atoms with van der Waals surface area (Å²) in [7, 11) is 0. The van der Waals surface area contributed by atoms with Gasteiger partial charge in [-0.2, -0.15) is 0 Å². The third-order valence-electron chi connectivity index (χ3n) is 4.38. The number of nitro groups is 1. The van der Waals surface area contributed by atoms with Gasteiger partial charge in [-0.05, 0) is 37.6 Å². The van der Waals surface area contributed by atoms with Crippen LogP contribution in [0.3, 0.4) is 0 Å². The molecule has 178 valence electrons. The second kappa shape index (κ2) is 11.8. The van der Waals surface area contributed by atoms with E-state index >= 15 is 0 Å². The number of carbonyl (C=O) groups is 1. The number of nitrogens with one attached hydrogen (secondary N) is 2. The minimum Gasteiger partial charge on any atom is -0.494 e. The zero-order valence-electron chi connectivity index (χ0n) is 18.7. The third-order valence-corrected chi connectivity index (χ3v) is 5.25. The van der Waals surface area contributed by atoms with E-state index < -0.39 is 10.8 Å². The van der Waals surface area contributed by atoms with E-state index in [-0.39, 0.29) is 28.4 Å². The second-order valence-corrected chi connectivity index (χ2v) is 8.07. The smallest absolute Gasteiger partial charge is 0.275 e. The molecule has 0 fully saturated rings. The number of anilines is 1. The van der Waals surface area contributed by atoms with Crippen molar-refractivity contribution in [2.24, 2.45) is 0 Å². The summed E-state index contributed by atoms with van der Waals surface area (Å²) in [5, 5.41) is 14.3. The van der Waals surface area contributed by atoms with Crippen LogP contribution < -0.4 is 20.3 Å². The van der Waals surface area contributed by atoms with Crippen LogP contribution >= 0.6 is 11.8 Å². The molecule has 3 aromatic rings. The van der Waals surface area contributed by atoms with Crippen molar-refractivity contribution in [3.05, 3.63) is 74.7 Å². The highest BCUT2D eigenvalue weighted by molar-refractivity contribution is 7.99. The normalized spacial score (nSPS) is 10.5. The largest absolute Gasteiger partial charge is 0.494 e. The molecule has 0 saturated carbocycles. The summed E-state index contributed by atoms with van der Waals surface area (Å²) in [4.78, 5) is 41.9. The molecule has 0 spiro atoms. The molecule has 0 aliphatic carbocycles. The first-order chi connectivity index (χ1) is 16.4. The van der Waals surface area contributed by atoms with Crippen molar-refractivity contribution in [1.29, 1.82) is 0 Å². The maximum absolute atomic E-state index is 12.5. The lowest BCUT2D eigenvalue weighted by Crippen LogP contribution is -2.16. The van der Waals surface area contributed by atoms with Crippen molar-refractivity contribution in [2.75, 3.05) is 17.7 Å². The summed E-state index contributed by atoms with van der Waals surface area (Å²) in [6.45, 7) is 4.39. The summed E-state index contributed by atoms with van der Waals surface area (Å²) in [5.74, 6) is 0.867. The number of H-pyrrole nitrogens is 1. The number of nitrogens with zero attached hydrogens (tertiary/aromatic N) is 2. The average molecular weight is 485 g/mol. The molecule has 0 bridgehead atoms. The Hall–Kier alpha value is -3.86. The highest BCUT2D eigenvalue weighted by Crippen LogP contribution is 2.30. The van der Waals surface area contributed by atoms with Gasteiger partial charge in [-0.25, -0.2) is 4.98 Å². The van der Waals surface area contributed by atoms with Gasteiger partial charge < -0.3 is 19.8 Å². The highest BCUT2D eigenvalue weighted by Gasteiger charge is 2.14. The SMILES string of the molecule is CCCc1cc(=O)[nH]c(SCC(=O)Nc2cc(Oc3ccc(OCC)cc3)cc([N+](=O)[O-])c2)n1. The quantitative estimate of drug-likeness (QED) is 0.175. The Morgan fingerprint density at radius 3 is 2.53 bits per heavy atom. The van der Waals surface area contributed by atoms with Crippen molar-refractivity contribution >= 4 is 29.0 Å². The third kappa shape index (κ3) is 7.34. The highest BCUT2D eigenvalue weighted by atomic mass is 32.2. The zero-order valence-corrected chi connectivity index (χ0v) is 19.5. The van der Waals surface area contributed by atoms with Gasteiger partial charge in [0, 0.05) is 23.9 Å². The van der Waals surface area contributed by atoms with E-state index in [9.17, 15) is 19.7 Å². The maximum atomic E-state index is 12.5. The number of non-ortho nitro benzene ring substituents is 1. The van der Waals surface area contributed by atoms with Crippen molar-refractivity contribution in [3.63, 3.8) is 0 Å². The Morgan fingerprint density at radius 2 is 1.85 bits per heavy atom. The maximum Gasteiger partial charge on any atom is 0.275 e. The fourth-order valence-electron chi connectivity index (χ4n) is 2.99. The van der Waals surface area contributed by atoms with Crippen LogP contribution in [0.2, 0.25) is 0 Å². The first kappa shape index (κ1) is 24.8. The Morgan fingerprint density at radius 1 is 1.12 bits per heavy atom. The predicted octanol–water partition coefficient (Wildman–Crippen LogP) is 4.55. The van der Waals surface area contributed by atoms with Crippen LogP contribution in [0.1, 0.15) is 26.0 Å². The van der Waals surface area contributed by atoms with Gasteiger partial charge in [-0.15, -0.1) is 0 Å². The number of amides is 1. The molecule has 10 nitrogen and oxygen atoms in total. The molecular weight excluding hydrogens is 460 g/mol. The topological polar surface area (TPSA) is 136 Å². The predicted molar refractivity (Wildman–Crippen MR) is 129 cm³/mol. The van der Waals surface area contributed by atoms with Crippen LogP contribution in [-0.4, -0.2) is 33.2 Å². The molecule has 0 unspecified atom stereocenters. The number of aromatic nitrogens is 2. The molecule has 1 amide bonds. The number of thioether (sulfide) groups is 1. The summed E-state index contributed by atoms with van der Waals surface area (Å²) >= 11 is 1.07. The van der Waals surface area contributed by atoms with Crippen LogP contribution in [0.25, 0.3) is 0 Å². The molecule has 1 heterocycles. The van der Waals surface area contributed by atoms with E-state index in [2.05, 4.69) is 15.3 Å². The van der Waals surface area contributed by atoms with Crippen molar-refractivity contribution in [3.8, 4) is 17.2 Å². The molecular formula is C23H24N4O6S. The van der Waals surface area contributed by atoms with Gasteiger partial charge >= 0.3 is 0 Å². The Bertz CT molecular complexity index is 1210. The summed E-state index contributed by atoms with van der Waals surface area (Å²) in [6, 6.07) is 12.3. The molecule has 2 aromatic carbocycles. The van der Waals surface area contributed by atoms with Crippen molar-refractivity contribution in [2.45, 2.75) is 31.8 Å². The number of ether oxygens (including phenoxy) is 2. The Kier molecular flexibility index (Phi) is 8.63. The minimum absolute atomic E-state index is 0.0453. The number of rotatable bonds is 11. The number of aryl methyl sites for hydroxylation is 1. The monoisotopic (exact) mass is 484 g/mol. The van der Waals surface area contributed by atoms with E-state index in [0.29, 0.717) is 35.4 Å². The molecule has 0 saturated heterocycles. The van der Waals surface area contributed by atoms with Crippen LogP contribution in [0.4, 0.5) is 11.4 Å². The molecule has 11 heteroatoms. The van der Waals surface area contributed by atoms with Gasteiger partial charge in [0.25, 0.3) is 11.2 Å². The molecule has 0 radical (unpaired) electrons. The van der Waals surface area contributed by atoms with Gasteiger partial charge in [0.05, 0.1) is 29.0 Å². The van der Waals surface area contributed by atoms with Crippen LogP contribution in [0.15, 0.2) is 58.5 Å². The fourth-order valence-corrected chi connectivity index (χ4v) is 3.69. The Labute approximate surface area is 199 Å². The van der Waals surface area contributed by atoms with E-state index in [1.165, 1.54) is 24.3 Å². The second-order valence-electron chi connectivity index (χ2n) is 7.11. The fraction of sp³-hybridized carbons (Fsp3) is 0.261. The van der Waals surface area contributed by atoms with Crippen LogP contribution in [-0.2, 0) is 11.2 Å². The van der Waals surface area contributed by atoms with Crippen molar-refractivity contribution < 1.29 is 19.2 Å². The van der Waals surface area contributed by atoms with Crippen molar-refractivity contribution in [1.82, 2.24) is 9.97 Å². The van der Waals surface area contributed by atoms with Gasteiger partial charge in [-0.1, -0.05) is 25.1 Å². The van der Waals surface area contributed by atoms with Gasteiger partial charge in [0.2, 0.25) is 5.91 Å². The summed E-state index contributed by atoms with van der Waals surface area (Å²) in [5.41, 5.74) is 0.353. The summed E-state index contributed by atoms with van der Waals surface area (Å²) < 4.78 is 11.1. The number of aromatic amines is 1. The minimum atomic E-state index is -0.566. The van der Waals surface area contributed by atoms with E-state index in [1.54, 1.807) is 24.3 Å². The lowest BCUT2D eigenvalue weighted by molar-refractivity contribution is -0.384. The lowest BCUT2D eigenvalue weighted by atomic mass is 10.2. The molecule has 3 rings (SSSR count). The average Bonchev–Trinajstić information content (AvgIpc) is 2.79. The molecule has 2 N–H and O–H groups in total. The number of hydrogen-bond acceptors (Lipinski definition) is 8. The Balaban J connectivity index is 1.69. The van der Waals surface area contributed by atoms with E-state index in [4.69, 9.17) is 9.47 Å². The van der Waals surface area contributed by atoms with Crippen LogP contribution in [0, 0.1) is 10.1 Å². The van der Waals surface area contributed by atoms with E-state index in [1.807, 2.05) is 13.8 Å². The molecule has 0 aliphatic heterocycles. The number of carbonyl (C=O) groups excluding carboxylic acids is 1. The molecule has 34 heavy (non-hydrogen) atoms. The number of nitro benzene ring substituents is 1. The zero-order chi connectivity index (χ0) is 24.5. The molecule has 0 aliphatic rings. The van der Waals surface area contributed by atoms with Gasteiger partial charge in [0.15, 0.2) is 5.16 Å². The van der Waals surface area contributed by atoms with E-state index in [0.717, 1.165) is 18.2 Å².